The molecule has 12 heavy (non-hydrogen) atoms. The molecule has 0 amide bonds. The molecule has 1 heterocycles. The molecule has 1 saturated heterocycles. The lowest BCUT2D eigenvalue weighted by molar-refractivity contribution is -0.282. The minimum absolute atomic E-state index is 0.138. The second kappa shape index (κ2) is 3.73. The van der Waals surface area contributed by atoms with Crippen LogP contribution in [0.25, 0.3) is 0 Å². The average molecular weight is 174 g/mol. The Morgan fingerprint density at radius 3 is 2.75 bits per heavy atom. The topological polar surface area (TPSA) is 38.7 Å². The molecule has 0 radical (unpaired) electrons. The summed E-state index contributed by atoms with van der Waals surface area (Å²) in [6.45, 7) is 6.71. The van der Waals surface area contributed by atoms with Crippen LogP contribution in [0.3, 0.4) is 0 Å². The fourth-order valence-corrected chi connectivity index (χ4v) is 1.40. The standard InChI is InChI=1S/C9H18O3/c1-7(6-10)8-4-5-11-9(2,3)12-8/h7-8,10H,4-6H2,1-3H3/t7-,8+/m0/s1. The predicted octanol–water partition coefficient (Wildman–Crippen LogP) is 1.16. The van der Waals surface area contributed by atoms with Crippen molar-refractivity contribution in [3.8, 4) is 0 Å². The van der Waals surface area contributed by atoms with Crippen molar-refractivity contribution >= 4 is 0 Å². The van der Waals surface area contributed by atoms with Crippen LogP contribution in [0.2, 0.25) is 0 Å². The Morgan fingerprint density at radius 2 is 2.25 bits per heavy atom. The summed E-state index contributed by atoms with van der Waals surface area (Å²) >= 11 is 0. The third-order valence-electron chi connectivity index (χ3n) is 2.21. The third-order valence-corrected chi connectivity index (χ3v) is 2.21. The molecule has 0 aromatic carbocycles. The summed E-state index contributed by atoms with van der Waals surface area (Å²) in [6, 6.07) is 0. The molecule has 3 heteroatoms. The number of aliphatic hydroxyl groups excluding tert-OH is 1. The fraction of sp³-hybridized carbons (Fsp3) is 1.00. The van der Waals surface area contributed by atoms with Crippen LogP contribution in [0.5, 0.6) is 0 Å². The van der Waals surface area contributed by atoms with Gasteiger partial charge in [-0.15, -0.1) is 0 Å². The number of rotatable bonds is 2. The van der Waals surface area contributed by atoms with Crippen molar-refractivity contribution in [3.05, 3.63) is 0 Å². The van der Waals surface area contributed by atoms with E-state index in [9.17, 15) is 0 Å². The lowest BCUT2D eigenvalue weighted by Gasteiger charge is -2.38. The Hall–Kier alpha value is -0.120. The molecule has 0 bridgehead atoms. The van der Waals surface area contributed by atoms with E-state index in [0.29, 0.717) is 0 Å². The number of hydrogen-bond acceptors (Lipinski definition) is 3. The summed E-state index contributed by atoms with van der Waals surface area (Å²) in [7, 11) is 0. The van der Waals surface area contributed by atoms with E-state index in [1.165, 1.54) is 0 Å². The summed E-state index contributed by atoms with van der Waals surface area (Å²) in [5.41, 5.74) is 0. The lowest BCUT2D eigenvalue weighted by Crippen LogP contribution is -2.43. The Bertz CT molecular complexity index is 145. The summed E-state index contributed by atoms with van der Waals surface area (Å²) in [5, 5.41) is 8.94. The molecule has 0 aliphatic carbocycles. The Morgan fingerprint density at radius 1 is 1.58 bits per heavy atom. The van der Waals surface area contributed by atoms with Gasteiger partial charge in [-0.1, -0.05) is 6.92 Å². The number of ether oxygens (including phenoxy) is 2. The third kappa shape index (κ3) is 2.44. The largest absolute Gasteiger partial charge is 0.396 e. The minimum Gasteiger partial charge on any atom is -0.396 e. The molecular formula is C9H18O3. The van der Waals surface area contributed by atoms with Gasteiger partial charge in [-0.2, -0.15) is 0 Å². The maximum absolute atomic E-state index is 8.94. The van der Waals surface area contributed by atoms with Gasteiger partial charge in [0.2, 0.25) is 0 Å². The van der Waals surface area contributed by atoms with Gasteiger partial charge in [-0.3, -0.25) is 0 Å². The first-order chi connectivity index (χ1) is 5.55. The highest BCUT2D eigenvalue weighted by molar-refractivity contribution is 4.73. The van der Waals surface area contributed by atoms with Gasteiger partial charge < -0.3 is 14.6 Å². The molecule has 72 valence electrons. The average Bonchev–Trinajstić information content (AvgIpc) is 2.01. The van der Waals surface area contributed by atoms with Gasteiger partial charge in [0, 0.05) is 12.5 Å². The smallest absolute Gasteiger partial charge is 0.163 e. The van der Waals surface area contributed by atoms with Gasteiger partial charge in [0.1, 0.15) is 0 Å². The molecule has 0 aromatic rings. The van der Waals surface area contributed by atoms with Crippen LogP contribution in [0.1, 0.15) is 27.2 Å². The summed E-state index contributed by atoms with van der Waals surface area (Å²) in [4.78, 5) is 0. The first kappa shape index (κ1) is 9.96. The lowest BCUT2D eigenvalue weighted by atomic mass is 10.0. The van der Waals surface area contributed by atoms with Gasteiger partial charge >= 0.3 is 0 Å². The molecule has 3 nitrogen and oxygen atoms in total. The van der Waals surface area contributed by atoms with Crippen LogP contribution in [0.15, 0.2) is 0 Å². The first-order valence-electron chi connectivity index (χ1n) is 4.48. The van der Waals surface area contributed by atoms with E-state index in [1.54, 1.807) is 0 Å². The molecule has 0 saturated carbocycles. The zero-order chi connectivity index (χ0) is 9.19. The number of hydrogen-bond donors (Lipinski definition) is 1. The van der Waals surface area contributed by atoms with Crippen molar-refractivity contribution in [2.45, 2.75) is 39.1 Å². The molecule has 0 unspecified atom stereocenters. The van der Waals surface area contributed by atoms with E-state index in [-0.39, 0.29) is 18.6 Å². The van der Waals surface area contributed by atoms with Crippen molar-refractivity contribution < 1.29 is 14.6 Å². The van der Waals surface area contributed by atoms with Crippen molar-refractivity contribution in [1.82, 2.24) is 0 Å². The van der Waals surface area contributed by atoms with Crippen LogP contribution in [-0.2, 0) is 9.47 Å². The van der Waals surface area contributed by atoms with E-state index < -0.39 is 5.79 Å². The molecule has 0 spiro atoms. The van der Waals surface area contributed by atoms with E-state index in [1.807, 2.05) is 20.8 Å². The second-order valence-corrected chi connectivity index (χ2v) is 3.85. The van der Waals surface area contributed by atoms with Crippen LogP contribution < -0.4 is 0 Å². The van der Waals surface area contributed by atoms with E-state index in [0.717, 1.165) is 13.0 Å². The molecule has 2 atom stereocenters. The molecular weight excluding hydrogens is 156 g/mol. The highest BCUT2D eigenvalue weighted by atomic mass is 16.7. The molecule has 1 aliphatic rings. The quantitative estimate of drug-likeness (QED) is 0.682. The van der Waals surface area contributed by atoms with Gasteiger partial charge in [-0.25, -0.2) is 0 Å². The van der Waals surface area contributed by atoms with E-state index >= 15 is 0 Å². The predicted molar refractivity (Wildman–Crippen MR) is 45.8 cm³/mol. The van der Waals surface area contributed by atoms with Gasteiger partial charge in [0.25, 0.3) is 0 Å². The maximum Gasteiger partial charge on any atom is 0.163 e. The highest BCUT2D eigenvalue weighted by Crippen LogP contribution is 2.25. The SMILES string of the molecule is C[C@@H](CO)[C@H]1CCOC(C)(C)O1. The van der Waals surface area contributed by atoms with Crippen LogP contribution >= 0.6 is 0 Å². The van der Waals surface area contributed by atoms with Crippen molar-refractivity contribution in [2.24, 2.45) is 5.92 Å². The number of aliphatic hydroxyl groups is 1. The summed E-state index contributed by atoms with van der Waals surface area (Å²) in [6.07, 6.45) is 1.02. The van der Waals surface area contributed by atoms with Gasteiger partial charge in [0.05, 0.1) is 12.7 Å². The van der Waals surface area contributed by atoms with Crippen LogP contribution in [0.4, 0.5) is 0 Å². The Labute approximate surface area is 73.7 Å². The first-order valence-corrected chi connectivity index (χ1v) is 4.48. The molecule has 1 N–H and O–H groups in total. The zero-order valence-electron chi connectivity index (χ0n) is 8.04. The fourth-order valence-electron chi connectivity index (χ4n) is 1.40. The van der Waals surface area contributed by atoms with Crippen molar-refractivity contribution in [1.29, 1.82) is 0 Å². The molecule has 1 fully saturated rings. The maximum atomic E-state index is 8.94. The summed E-state index contributed by atoms with van der Waals surface area (Å²) in [5.74, 6) is -0.278. The second-order valence-electron chi connectivity index (χ2n) is 3.85. The highest BCUT2D eigenvalue weighted by Gasteiger charge is 2.31. The van der Waals surface area contributed by atoms with Crippen molar-refractivity contribution in [3.63, 3.8) is 0 Å². The monoisotopic (exact) mass is 174 g/mol. The Kier molecular flexibility index (Phi) is 3.09. The van der Waals surface area contributed by atoms with E-state index in [2.05, 4.69) is 0 Å². The molecule has 0 aromatic heterocycles. The zero-order valence-corrected chi connectivity index (χ0v) is 8.04. The summed E-state index contributed by atoms with van der Waals surface area (Å²) < 4.78 is 11.0. The van der Waals surface area contributed by atoms with Gasteiger partial charge in [-0.05, 0) is 20.3 Å². The molecule has 1 rings (SSSR count). The van der Waals surface area contributed by atoms with Crippen LogP contribution in [-0.4, -0.2) is 30.2 Å². The van der Waals surface area contributed by atoms with E-state index in [4.69, 9.17) is 14.6 Å². The van der Waals surface area contributed by atoms with Crippen molar-refractivity contribution in [2.75, 3.05) is 13.2 Å². The Balaban J connectivity index is 2.46. The van der Waals surface area contributed by atoms with Crippen LogP contribution in [0, 0.1) is 5.92 Å². The molecule has 1 aliphatic heterocycles. The normalized spacial score (nSPS) is 31.5. The van der Waals surface area contributed by atoms with Gasteiger partial charge in [0.15, 0.2) is 5.79 Å². The minimum atomic E-state index is -0.480.